The van der Waals surface area contributed by atoms with Crippen molar-refractivity contribution in [3.8, 4) is 0 Å². The third-order valence-electron chi connectivity index (χ3n) is 5.93. The SMILES string of the molecule is CCCCCCC=C[C@H]1[C@H](NC=O)CC(=O)[C@@H]1CCCCCC(C)(O)C(=O)OC. The molecule has 1 aliphatic carbocycles. The van der Waals surface area contributed by atoms with Crippen molar-refractivity contribution < 1.29 is 24.2 Å². The van der Waals surface area contributed by atoms with Gasteiger partial charge in [-0.2, -0.15) is 0 Å². The van der Waals surface area contributed by atoms with Gasteiger partial charge in [0.05, 0.1) is 7.11 Å². The van der Waals surface area contributed by atoms with Gasteiger partial charge in [0, 0.05) is 24.3 Å². The Morgan fingerprint density at radius 2 is 1.97 bits per heavy atom. The highest BCUT2D eigenvalue weighted by atomic mass is 16.5. The van der Waals surface area contributed by atoms with E-state index in [4.69, 9.17) is 0 Å². The van der Waals surface area contributed by atoms with E-state index in [1.165, 1.54) is 33.3 Å². The monoisotopic (exact) mass is 409 g/mol. The maximum absolute atomic E-state index is 12.5. The molecule has 1 unspecified atom stereocenters. The Kier molecular flexibility index (Phi) is 11.8. The molecule has 166 valence electrons. The second kappa shape index (κ2) is 13.5. The number of carbonyl (C=O) groups excluding carboxylic acids is 3. The molecular weight excluding hydrogens is 370 g/mol. The first-order valence-electron chi connectivity index (χ1n) is 11.1. The first-order valence-corrected chi connectivity index (χ1v) is 11.1. The Bertz CT molecular complexity index is 543. The van der Waals surface area contributed by atoms with E-state index in [0.29, 0.717) is 25.7 Å². The van der Waals surface area contributed by atoms with Gasteiger partial charge in [-0.05, 0) is 39.0 Å². The molecule has 1 fully saturated rings. The summed E-state index contributed by atoms with van der Waals surface area (Å²) in [6.45, 7) is 3.66. The second-order valence-electron chi connectivity index (χ2n) is 8.39. The first-order chi connectivity index (χ1) is 13.9. The number of hydrogen-bond donors (Lipinski definition) is 2. The maximum Gasteiger partial charge on any atom is 0.337 e. The molecule has 0 aromatic carbocycles. The van der Waals surface area contributed by atoms with Crippen LogP contribution < -0.4 is 5.32 Å². The zero-order valence-electron chi connectivity index (χ0n) is 18.3. The maximum atomic E-state index is 12.5. The number of carbonyl (C=O) groups is 3. The average molecular weight is 410 g/mol. The van der Waals surface area contributed by atoms with Gasteiger partial charge in [-0.25, -0.2) is 4.79 Å². The minimum absolute atomic E-state index is 0.0528. The third-order valence-corrected chi connectivity index (χ3v) is 5.93. The molecule has 2 N–H and O–H groups in total. The summed E-state index contributed by atoms with van der Waals surface area (Å²) >= 11 is 0. The molecule has 29 heavy (non-hydrogen) atoms. The molecule has 1 amide bonds. The number of Topliss-reactive ketones (excluding diaryl/α,β-unsaturated/α-hetero) is 1. The van der Waals surface area contributed by atoms with Crippen LogP contribution >= 0.6 is 0 Å². The second-order valence-corrected chi connectivity index (χ2v) is 8.39. The van der Waals surface area contributed by atoms with Gasteiger partial charge in [0.15, 0.2) is 5.60 Å². The molecule has 1 aliphatic rings. The molecule has 0 saturated heterocycles. The van der Waals surface area contributed by atoms with Crippen molar-refractivity contribution in [2.45, 2.75) is 96.1 Å². The van der Waals surface area contributed by atoms with E-state index in [2.05, 4.69) is 29.1 Å². The number of methoxy groups -OCH3 is 1. The largest absolute Gasteiger partial charge is 0.467 e. The Morgan fingerprint density at radius 3 is 2.62 bits per heavy atom. The molecule has 0 heterocycles. The molecule has 0 aliphatic heterocycles. The molecule has 0 radical (unpaired) electrons. The Labute approximate surface area is 175 Å². The minimum Gasteiger partial charge on any atom is -0.467 e. The van der Waals surface area contributed by atoms with Crippen molar-refractivity contribution in [3.63, 3.8) is 0 Å². The van der Waals surface area contributed by atoms with Gasteiger partial charge in [0.2, 0.25) is 6.41 Å². The number of hydrogen-bond acceptors (Lipinski definition) is 5. The van der Waals surface area contributed by atoms with Gasteiger partial charge in [-0.1, -0.05) is 51.2 Å². The standard InChI is InChI=1S/C23H39NO5/c1-4-5-6-7-8-10-13-18-19(21(26)16-20(18)24-17-25)14-11-9-12-15-23(2,28)22(27)29-3/h10,13,17-20,28H,4-9,11-12,14-16H2,1-3H3,(H,24,25)/t18-,19-,20-,23?/m1/s1. The van der Waals surface area contributed by atoms with Crippen molar-refractivity contribution in [2.24, 2.45) is 11.8 Å². The van der Waals surface area contributed by atoms with E-state index >= 15 is 0 Å². The van der Waals surface area contributed by atoms with Crippen LogP contribution in [-0.4, -0.2) is 42.0 Å². The van der Waals surface area contributed by atoms with Gasteiger partial charge in [-0.15, -0.1) is 0 Å². The van der Waals surface area contributed by atoms with Gasteiger partial charge in [0.1, 0.15) is 5.78 Å². The smallest absolute Gasteiger partial charge is 0.337 e. The molecule has 0 bridgehead atoms. The summed E-state index contributed by atoms with van der Waals surface area (Å²) in [5, 5.41) is 12.9. The van der Waals surface area contributed by atoms with E-state index in [1.54, 1.807) is 0 Å². The lowest BCUT2D eigenvalue weighted by Gasteiger charge is -2.21. The Balaban J connectivity index is 2.50. The zero-order valence-corrected chi connectivity index (χ0v) is 18.3. The fraction of sp³-hybridized carbons (Fsp3) is 0.783. The molecule has 6 heteroatoms. The fourth-order valence-corrected chi connectivity index (χ4v) is 4.15. The number of aliphatic hydroxyl groups is 1. The zero-order chi connectivity index (χ0) is 21.7. The number of nitrogens with one attached hydrogen (secondary N) is 1. The summed E-state index contributed by atoms with van der Waals surface area (Å²) in [6, 6.07) is -0.114. The Morgan fingerprint density at radius 1 is 1.24 bits per heavy atom. The van der Waals surface area contributed by atoms with Crippen LogP contribution in [0.1, 0.15) is 84.5 Å². The number of ether oxygens (including phenoxy) is 1. The number of esters is 1. The predicted molar refractivity (Wildman–Crippen MR) is 113 cm³/mol. The van der Waals surface area contributed by atoms with Crippen LogP contribution in [0.5, 0.6) is 0 Å². The predicted octanol–water partition coefficient (Wildman–Crippen LogP) is 3.71. The highest BCUT2D eigenvalue weighted by molar-refractivity contribution is 5.85. The molecule has 0 spiro atoms. The summed E-state index contributed by atoms with van der Waals surface area (Å²) in [5.74, 6) is -0.417. The topological polar surface area (TPSA) is 92.7 Å². The third kappa shape index (κ3) is 8.69. The fourth-order valence-electron chi connectivity index (χ4n) is 4.15. The molecule has 6 nitrogen and oxygen atoms in total. The van der Waals surface area contributed by atoms with E-state index in [-0.39, 0.29) is 23.7 Å². The average Bonchev–Trinajstić information content (AvgIpc) is 2.98. The van der Waals surface area contributed by atoms with Crippen molar-refractivity contribution in [1.29, 1.82) is 0 Å². The number of unbranched alkanes of at least 4 members (excludes halogenated alkanes) is 6. The lowest BCUT2D eigenvalue weighted by Crippen LogP contribution is -2.36. The normalized spacial score (nSPS) is 23.9. The van der Waals surface area contributed by atoms with Gasteiger partial charge in [0.25, 0.3) is 0 Å². The number of rotatable bonds is 15. The van der Waals surface area contributed by atoms with Crippen molar-refractivity contribution in [3.05, 3.63) is 12.2 Å². The van der Waals surface area contributed by atoms with Gasteiger partial charge < -0.3 is 15.2 Å². The van der Waals surface area contributed by atoms with Crippen molar-refractivity contribution >= 4 is 18.2 Å². The van der Waals surface area contributed by atoms with E-state index in [1.807, 2.05) is 0 Å². The quantitative estimate of drug-likeness (QED) is 0.186. The first kappa shape index (κ1) is 25.3. The van der Waals surface area contributed by atoms with Crippen LogP contribution in [0.25, 0.3) is 0 Å². The summed E-state index contributed by atoms with van der Waals surface area (Å²) in [7, 11) is 1.27. The minimum atomic E-state index is -1.46. The molecule has 1 rings (SSSR count). The summed E-state index contributed by atoms with van der Waals surface area (Å²) in [4.78, 5) is 35.0. The van der Waals surface area contributed by atoms with Crippen LogP contribution in [0.15, 0.2) is 12.2 Å². The summed E-state index contributed by atoms with van der Waals surface area (Å²) in [5.41, 5.74) is -1.46. The van der Waals surface area contributed by atoms with Crippen LogP contribution in [0, 0.1) is 11.8 Å². The highest BCUT2D eigenvalue weighted by Gasteiger charge is 2.40. The summed E-state index contributed by atoms with van der Waals surface area (Å²) in [6.07, 6.45) is 14.7. The van der Waals surface area contributed by atoms with E-state index < -0.39 is 11.6 Å². The van der Waals surface area contributed by atoms with Crippen molar-refractivity contribution in [1.82, 2.24) is 5.32 Å². The molecule has 0 aromatic heterocycles. The Hall–Kier alpha value is -1.69. The molecule has 1 saturated carbocycles. The molecular formula is C23H39NO5. The van der Waals surface area contributed by atoms with Crippen LogP contribution in [0.3, 0.4) is 0 Å². The van der Waals surface area contributed by atoms with E-state index in [9.17, 15) is 19.5 Å². The lowest BCUT2D eigenvalue weighted by molar-refractivity contribution is -0.161. The van der Waals surface area contributed by atoms with E-state index in [0.717, 1.165) is 32.1 Å². The number of ketones is 1. The highest BCUT2D eigenvalue weighted by Crippen LogP contribution is 2.34. The van der Waals surface area contributed by atoms with Crippen LogP contribution in [-0.2, 0) is 19.1 Å². The molecule has 0 aromatic rings. The van der Waals surface area contributed by atoms with Crippen molar-refractivity contribution in [2.75, 3.05) is 7.11 Å². The number of allylic oxidation sites excluding steroid dienone is 1. The van der Waals surface area contributed by atoms with Crippen LogP contribution in [0.4, 0.5) is 0 Å². The molecule has 4 atom stereocenters. The lowest BCUT2D eigenvalue weighted by atomic mass is 9.87. The van der Waals surface area contributed by atoms with Gasteiger partial charge in [-0.3, -0.25) is 9.59 Å². The van der Waals surface area contributed by atoms with Gasteiger partial charge >= 0.3 is 5.97 Å². The van der Waals surface area contributed by atoms with Crippen LogP contribution in [0.2, 0.25) is 0 Å². The summed E-state index contributed by atoms with van der Waals surface area (Å²) < 4.78 is 4.61. The number of amides is 1.